The fourth-order valence-corrected chi connectivity index (χ4v) is 2.01. The lowest BCUT2D eigenvalue weighted by molar-refractivity contribution is -0.386. The average molecular weight is 308 g/mol. The lowest BCUT2D eigenvalue weighted by atomic mass is 9.90. The Balaban J connectivity index is 3.41. The monoisotopic (exact) mass is 308 g/mol. The third-order valence-electron chi connectivity index (χ3n) is 3.89. The van der Waals surface area contributed by atoms with Gasteiger partial charge in [0, 0.05) is 17.5 Å². The molecule has 5 heteroatoms. The minimum atomic E-state index is -0.325. The second kappa shape index (κ2) is 6.63. The summed E-state index contributed by atoms with van der Waals surface area (Å²) in [6, 6.07) is 1.72. The molecule has 0 radical (unpaired) electrons. The molecule has 1 atom stereocenters. The van der Waals surface area contributed by atoms with Gasteiger partial charge in [-0.1, -0.05) is 48.5 Å². The van der Waals surface area contributed by atoms with Crippen LogP contribution in [-0.2, 0) is 0 Å². The Morgan fingerprint density at radius 2 is 1.68 bits per heavy atom. The molecule has 5 nitrogen and oxygen atoms in total. The number of nitrogens with zero attached hydrogens (tertiary/aromatic N) is 2. The number of pyridine rings is 1. The van der Waals surface area contributed by atoms with Crippen LogP contribution < -0.4 is 4.74 Å². The van der Waals surface area contributed by atoms with Crippen LogP contribution in [0.5, 0.6) is 5.88 Å². The van der Waals surface area contributed by atoms with Crippen LogP contribution in [-0.4, -0.2) is 16.0 Å². The second-order valence-corrected chi connectivity index (χ2v) is 7.48. The molecule has 0 amide bonds. The Kier molecular flexibility index (Phi) is 5.54. The zero-order valence-corrected chi connectivity index (χ0v) is 14.9. The highest BCUT2D eigenvalue weighted by atomic mass is 16.6. The smallest absolute Gasteiger partial charge is 0.294 e. The average Bonchev–Trinajstić information content (AvgIpc) is 2.35. The third kappa shape index (κ3) is 4.18. The van der Waals surface area contributed by atoms with Crippen molar-refractivity contribution in [1.82, 2.24) is 4.98 Å². The second-order valence-electron chi connectivity index (χ2n) is 7.48. The number of hydrogen-bond donors (Lipinski definition) is 0. The molecule has 0 N–H and O–H groups in total. The molecule has 0 bridgehead atoms. The van der Waals surface area contributed by atoms with Crippen LogP contribution in [0.25, 0.3) is 0 Å². The van der Waals surface area contributed by atoms with E-state index in [4.69, 9.17) is 4.74 Å². The highest BCUT2D eigenvalue weighted by Crippen LogP contribution is 2.36. The van der Waals surface area contributed by atoms with Crippen molar-refractivity contribution >= 4 is 5.69 Å². The predicted octanol–water partition coefficient (Wildman–Crippen LogP) is 5.05. The summed E-state index contributed by atoms with van der Waals surface area (Å²) < 4.78 is 5.96. The third-order valence-corrected chi connectivity index (χ3v) is 3.89. The van der Waals surface area contributed by atoms with Crippen molar-refractivity contribution in [1.29, 1.82) is 0 Å². The summed E-state index contributed by atoms with van der Waals surface area (Å²) in [5, 5.41) is 11.5. The predicted molar refractivity (Wildman–Crippen MR) is 88.6 cm³/mol. The van der Waals surface area contributed by atoms with E-state index in [1.54, 1.807) is 6.07 Å². The summed E-state index contributed by atoms with van der Waals surface area (Å²) in [6.45, 7) is 16.0. The fraction of sp³-hybridized carbons (Fsp3) is 0.706. The maximum absolute atomic E-state index is 11.5. The van der Waals surface area contributed by atoms with Gasteiger partial charge in [0.1, 0.15) is 11.8 Å². The maximum Gasteiger partial charge on any atom is 0.294 e. The van der Waals surface area contributed by atoms with Crippen LogP contribution in [0.4, 0.5) is 5.69 Å². The van der Waals surface area contributed by atoms with Crippen LogP contribution in [0.2, 0.25) is 0 Å². The number of rotatable bonds is 5. The minimum absolute atomic E-state index is 0.0283. The zero-order valence-electron chi connectivity index (χ0n) is 14.9. The molecule has 0 aliphatic rings. The highest BCUT2D eigenvalue weighted by Gasteiger charge is 2.28. The molecule has 0 spiro atoms. The van der Waals surface area contributed by atoms with Crippen molar-refractivity contribution in [3.05, 3.63) is 27.4 Å². The molecule has 124 valence electrons. The van der Waals surface area contributed by atoms with E-state index >= 15 is 0 Å². The molecule has 1 rings (SSSR count). The molecule has 0 saturated carbocycles. The van der Waals surface area contributed by atoms with Crippen LogP contribution in [0, 0.1) is 15.5 Å². The molecule has 1 unspecified atom stereocenters. The van der Waals surface area contributed by atoms with Gasteiger partial charge in [0.15, 0.2) is 0 Å². The first-order valence-corrected chi connectivity index (χ1v) is 7.81. The topological polar surface area (TPSA) is 65.3 Å². The summed E-state index contributed by atoms with van der Waals surface area (Å²) in [6.07, 6.45) is -0.0403. The summed E-state index contributed by atoms with van der Waals surface area (Å²) in [5.41, 5.74) is 1.27. The minimum Gasteiger partial charge on any atom is -0.474 e. The van der Waals surface area contributed by atoms with Gasteiger partial charge < -0.3 is 4.74 Å². The van der Waals surface area contributed by atoms with Crippen LogP contribution >= 0.6 is 0 Å². The lowest BCUT2D eigenvalue weighted by Gasteiger charge is -2.28. The van der Waals surface area contributed by atoms with Crippen LogP contribution in [0.1, 0.15) is 78.5 Å². The van der Waals surface area contributed by atoms with E-state index < -0.39 is 0 Å². The van der Waals surface area contributed by atoms with Crippen molar-refractivity contribution in [2.45, 2.75) is 73.3 Å². The fourth-order valence-electron chi connectivity index (χ4n) is 2.01. The molecular formula is C17H28N2O3. The van der Waals surface area contributed by atoms with E-state index in [2.05, 4.69) is 25.8 Å². The van der Waals surface area contributed by atoms with Crippen molar-refractivity contribution < 1.29 is 9.66 Å². The first-order chi connectivity index (χ1) is 9.95. The van der Waals surface area contributed by atoms with Crippen molar-refractivity contribution in [3.63, 3.8) is 0 Å². The number of hydrogen-bond acceptors (Lipinski definition) is 4. The molecule has 0 aliphatic heterocycles. The van der Waals surface area contributed by atoms with Gasteiger partial charge in [0.25, 0.3) is 5.69 Å². The summed E-state index contributed by atoms with van der Waals surface area (Å²) in [4.78, 5) is 15.6. The largest absolute Gasteiger partial charge is 0.474 e. The van der Waals surface area contributed by atoms with Gasteiger partial charge in [-0.25, -0.2) is 4.98 Å². The Bertz CT molecular complexity index is 516. The van der Waals surface area contributed by atoms with Crippen LogP contribution in [0.3, 0.4) is 0 Å². The number of ether oxygens (including phenoxy) is 1. The Hall–Kier alpha value is -1.65. The standard InChI is InChI=1S/C17H28N2O3/c1-10(2)13-9-14(22-12(5)17(6,7)8)18-15(11(3)4)16(13)19(20)21/h9-12H,1-8H3. The number of aromatic nitrogens is 1. The van der Waals surface area contributed by atoms with Gasteiger partial charge in [0.2, 0.25) is 5.88 Å². The molecule has 1 heterocycles. The summed E-state index contributed by atoms with van der Waals surface area (Å²) in [5.74, 6) is 0.472. The van der Waals surface area contributed by atoms with Gasteiger partial charge in [0.05, 0.1) is 4.92 Å². The Morgan fingerprint density at radius 3 is 2.05 bits per heavy atom. The first-order valence-electron chi connectivity index (χ1n) is 7.81. The van der Waals surface area contributed by atoms with Gasteiger partial charge in [-0.15, -0.1) is 0 Å². The van der Waals surface area contributed by atoms with Gasteiger partial charge in [-0.3, -0.25) is 10.1 Å². The van der Waals surface area contributed by atoms with E-state index in [1.807, 2.05) is 34.6 Å². The quantitative estimate of drug-likeness (QED) is 0.564. The molecular weight excluding hydrogens is 280 g/mol. The van der Waals surface area contributed by atoms with Crippen LogP contribution in [0.15, 0.2) is 6.07 Å². The Morgan fingerprint density at radius 1 is 1.14 bits per heavy atom. The van der Waals surface area contributed by atoms with Crippen molar-refractivity contribution in [2.75, 3.05) is 0 Å². The number of nitro groups is 1. The summed E-state index contributed by atoms with van der Waals surface area (Å²) >= 11 is 0. The molecule has 22 heavy (non-hydrogen) atoms. The van der Waals surface area contributed by atoms with Crippen molar-refractivity contribution in [3.8, 4) is 5.88 Å². The van der Waals surface area contributed by atoms with E-state index in [1.165, 1.54) is 0 Å². The highest BCUT2D eigenvalue weighted by molar-refractivity contribution is 5.49. The van der Waals surface area contributed by atoms with Gasteiger partial charge in [-0.2, -0.15) is 0 Å². The molecule has 0 aliphatic carbocycles. The molecule has 1 aromatic heterocycles. The van der Waals surface area contributed by atoms with E-state index in [0.29, 0.717) is 17.1 Å². The first kappa shape index (κ1) is 18.4. The SMILES string of the molecule is CC(C)c1cc(OC(C)C(C)(C)C)nc(C(C)C)c1[N+](=O)[O-]. The van der Waals surface area contributed by atoms with E-state index in [-0.39, 0.29) is 34.0 Å². The van der Waals surface area contributed by atoms with Crippen molar-refractivity contribution in [2.24, 2.45) is 5.41 Å². The van der Waals surface area contributed by atoms with Gasteiger partial charge >= 0.3 is 0 Å². The maximum atomic E-state index is 11.5. The normalized spacial score (nSPS) is 13.5. The molecule has 1 aromatic rings. The Labute approximate surface area is 133 Å². The van der Waals surface area contributed by atoms with Gasteiger partial charge in [-0.05, 0) is 18.3 Å². The molecule has 0 aromatic carbocycles. The summed E-state index contributed by atoms with van der Waals surface area (Å²) in [7, 11) is 0. The molecule has 0 saturated heterocycles. The zero-order chi connectivity index (χ0) is 17.2. The lowest BCUT2D eigenvalue weighted by Crippen LogP contribution is -2.29. The van der Waals surface area contributed by atoms with E-state index in [9.17, 15) is 10.1 Å². The molecule has 0 fully saturated rings. The van der Waals surface area contributed by atoms with E-state index in [0.717, 1.165) is 0 Å².